The topological polar surface area (TPSA) is 34.9 Å². The molecule has 0 amide bonds. The van der Waals surface area contributed by atoms with E-state index in [-0.39, 0.29) is 28.0 Å². The van der Waals surface area contributed by atoms with Gasteiger partial charge in [-0.2, -0.15) is 18.3 Å². The molecule has 3 nitrogen and oxygen atoms in total. The molecule has 0 saturated carbocycles. The highest BCUT2D eigenvalue weighted by Gasteiger charge is 2.35. The molecule has 4 aromatic rings. The van der Waals surface area contributed by atoms with Gasteiger partial charge in [-0.15, -0.1) is 0 Å². The van der Waals surface area contributed by atoms with Crippen LogP contribution in [0.2, 0.25) is 5.02 Å². The summed E-state index contributed by atoms with van der Waals surface area (Å²) in [6.07, 6.45) is -4.99. The van der Waals surface area contributed by atoms with Crippen molar-refractivity contribution in [1.82, 2.24) is 9.78 Å². The number of alkyl halides is 3. The van der Waals surface area contributed by atoms with E-state index in [1.165, 1.54) is 18.2 Å². The smallest absolute Gasteiger partial charge is 0.287 e. The van der Waals surface area contributed by atoms with Crippen molar-refractivity contribution in [2.24, 2.45) is 0 Å². The lowest BCUT2D eigenvalue weighted by molar-refractivity contribution is -0.139. The van der Waals surface area contributed by atoms with Crippen LogP contribution in [0.25, 0.3) is 22.2 Å². The summed E-state index contributed by atoms with van der Waals surface area (Å²) in [5, 5.41) is 4.13. The molecule has 10 heteroatoms. The van der Waals surface area contributed by atoms with Crippen LogP contribution in [0.15, 0.2) is 59.4 Å². The minimum atomic E-state index is -4.99. The second kappa shape index (κ2) is 7.98. The molecule has 0 bridgehead atoms. The molecule has 1 aromatic heterocycles. The van der Waals surface area contributed by atoms with E-state index in [1.54, 1.807) is 0 Å². The second-order valence-electron chi connectivity index (χ2n) is 6.90. The molecule has 0 aliphatic carbocycles. The first-order chi connectivity index (χ1) is 15.1. The summed E-state index contributed by atoms with van der Waals surface area (Å²) in [5.41, 5.74) is -3.51. The summed E-state index contributed by atoms with van der Waals surface area (Å²) in [6, 6.07) is 9.44. The fourth-order valence-electron chi connectivity index (χ4n) is 3.30. The van der Waals surface area contributed by atoms with Crippen LogP contribution in [0.3, 0.4) is 0 Å². The van der Waals surface area contributed by atoms with Gasteiger partial charge in [-0.1, -0.05) is 23.7 Å². The van der Waals surface area contributed by atoms with Gasteiger partial charge in [0.25, 0.3) is 0 Å². The minimum absolute atomic E-state index is 0.00531. The Labute approximate surface area is 181 Å². The maximum absolute atomic E-state index is 14.7. The first kappa shape index (κ1) is 21.9. The van der Waals surface area contributed by atoms with Crippen molar-refractivity contribution in [3.8, 4) is 11.3 Å². The molecule has 0 aliphatic heterocycles. The number of aromatic nitrogens is 2. The molecule has 0 N–H and O–H groups in total. The van der Waals surface area contributed by atoms with Gasteiger partial charge in [0.05, 0.1) is 23.0 Å². The summed E-state index contributed by atoms with van der Waals surface area (Å²) >= 11 is 5.97. The van der Waals surface area contributed by atoms with Crippen LogP contribution in [0.1, 0.15) is 11.1 Å². The zero-order valence-electron chi connectivity index (χ0n) is 15.9. The SMILES string of the molecule is O=c1c(-c2cccc(C(F)(F)F)c2F)nn(Cc2ccc(F)cc2F)c2ccc(Cl)cc12. The Bertz CT molecular complexity index is 1410. The third-order valence-corrected chi connectivity index (χ3v) is 5.05. The number of nitrogens with zero attached hydrogens (tertiary/aromatic N) is 2. The van der Waals surface area contributed by atoms with Crippen LogP contribution in [-0.2, 0) is 12.7 Å². The first-order valence-electron chi connectivity index (χ1n) is 9.06. The Morgan fingerprint density at radius 1 is 0.969 bits per heavy atom. The Balaban J connectivity index is 1.99. The highest BCUT2D eigenvalue weighted by Crippen LogP contribution is 2.34. The van der Waals surface area contributed by atoms with E-state index >= 15 is 0 Å². The molecular weight excluding hydrogens is 458 g/mol. The van der Waals surface area contributed by atoms with E-state index in [9.17, 15) is 31.1 Å². The van der Waals surface area contributed by atoms with Gasteiger partial charge < -0.3 is 0 Å². The van der Waals surface area contributed by atoms with Crippen LogP contribution in [0, 0.1) is 17.5 Å². The molecule has 4 rings (SSSR count). The van der Waals surface area contributed by atoms with E-state index in [0.717, 1.165) is 28.9 Å². The van der Waals surface area contributed by atoms with Gasteiger partial charge in [0.1, 0.15) is 23.1 Å². The highest BCUT2D eigenvalue weighted by atomic mass is 35.5. The number of benzene rings is 3. The van der Waals surface area contributed by atoms with Crippen molar-refractivity contribution in [2.45, 2.75) is 12.7 Å². The van der Waals surface area contributed by atoms with Gasteiger partial charge in [-0.05, 0) is 36.4 Å². The molecule has 0 atom stereocenters. The maximum Gasteiger partial charge on any atom is 0.419 e. The lowest BCUT2D eigenvalue weighted by atomic mass is 10.0. The van der Waals surface area contributed by atoms with E-state index in [1.807, 2.05) is 0 Å². The third-order valence-electron chi connectivity index (χ3n) is 4.81. The van der Waals surface area contributed by atoms with Gasteiger partial charge in [0, 0.05) is 22.2 Å². The zero-order chi connectivity index (χ0) is 23.2. The van der Waals surface area contributed by atoms with Crippen molar-refractivity contribution < 1.29 is 26.3 Å². The largest absolute Gasteiger partial charge is 0.419 e. The normalized spacial score (nSPS) is 11.8. The van der Waals surface area contributed by atoms with E-state index in [2.05, 4.69) is 5.10 Å². The summed E-state index contributed by atoms with van der Waals surface area (Å²) in [7, 11) is 0. The van der Waals surface area contributed by atoms with Gasteiger partial charge >= 0.3 is 6.18 Å². The second-order valence-corrected chi connectivity index (χ2v) is 7.33. The quantitative estimate of drug-likeness (QED) is 0.335. The van der Waals surface area contributed by atoms with E-state index in [4.69, 9.17) is 11.6 Å². The Kier molecular flexibility index (Phi) is 5.46. The zero-order valence-corrected chi connectivity index (χ0v) is 16.6. The molecule has 164 valence electrons. The minimum Gasteiger partial charge on any atom is -0.287 e. The Morgan fingerprint density at radius 2 is 1.72 bits per heavy atom. The average Bonchev–Trinajstić information content (AvgIpc) is 2.71. The fourth-order valence-corrected chi connectivity index (χ4v) is 3.48. The molecule has 0 aliphatic rings. The van der Waals surface area contributed by atoms with Crippen LogP contribution in [-0.4, -0.2) is 9.78 Å². The lowest BCUT2D eigenvalue weighted by Gasteiger charge is -2.15. The van der Waals surface area contributed by atoms with Crippen molar-refractivity contribution in [3.05, 3.63) is 98.4 Å². The van der Waals surface area contributed by atoms with Crippen LogP contribution >= 0.6 is 11.6 Å². The van der Waals surface area contributed by atoms with Gasteiger partial charge in [-0.3, -0.25) is 9.48 Å². The predicted octanol–water partition coefficient (Wildman–Crippen LogP) is 6.20. The molecule has 1 heterocycles. The third kappa shape index (κ3) is 3.95. The highest BCUT2D eigenvalue weighted by molar-refractivity contribution is 6.31. The number of halogens is 7. The van der Waals surface area contributed by atoms with Crippen LogP contribution in [0.4, 0.5) is 26.3 Å². The maximum atomic E-state index is 14.7. The van der Waals surface area contributed by atoms with Crippen molar-refractivity contribution in [2.75, 3.05) is 0 Å². The summed E-state index contributed by atoms with van der Waals surface area (Å²) in [6.45, 7) is -0.307. The van der Waals surface area contributed by atoms with Gasteiger partial charge in [0.15, 0.2) is 0 Å². The van der Waals surface area contributed by atoms with E-state index < -0.39 is 45.9 Å². The predicted molar refractivity (Wildman–Crippen MR) is 107 cm³/mol. The van der Waals surface area contributed by atoms with Crippen molar-refractivity contribution in [1.29, 1.82) is 0 Å². The number of fused-ring (bicyclic) bond motifs is 1. The van der Waals surface area contributed by atoms with Gasteiger partial charge in [0.2, 0.25) is 5.43 Å². The number of rotatable bonds is 3. The molecule has 0 radical (unpaired) electrons. The summed E-state index contributed by atoms with van der Waals surface area (Å²) < 4.78 is 82.8. The Morgan fingerprint density at radius 3 is 2.41 bits per heavy atom. The first-order valence-corrected chi connectivity index (χ1v) is 9.44. The van der Waals surface area contributed by atoms with Crippen LogP contribution in [0.5, 0.6) is 0 Å². The van der Waals surface area contributed by atoms with Crippen molar-refractivity contribution in [3.63, 3.8) is 0 Å². The number of hydrogen-bond donors (Lipinski definition) is 0. The van der Waals surface area contributed by atoms with Crippen molar-refractivity contribution >= 4 is 22.5 Å². The lowest BCUT2D eigenvalue weighted by Crippen LogP contribution is -2.19. The molecule has 0 unspecified atom stereocenters. The number of hydrogen-bond acceptors (Lipinski definition) is 2. The van der Waals surface area contributed by atoms with Crippen LogP contribution < -0.4 is 5.43 Å². The molecule has 0 spiro atoms. The Hall–Kier alpha value is -3.33. The molecule has 0 fully saturated rings. The molecule has 3 aromatic carbocycles. The van der Waals surface area contributed by atoms with E-state index in [0.29, 0.717) is 12.1 Å². The summed E-state index contributed by atoms with van der Waals surface area (Å²) in [4.78, 5) is 13.0. The summed E-state index contributed by atoms with van der Waals surface area (Å²) in [5.74, 6) is -3.35. The molecule has 32 heavy (non-hydrogen) atoms. The molecule has 0 saturated heterocycles. The molecular formula is C22H11ClF6N2O. The average molecular weight is 469 g/mol. The monoisotopic (exact) mass is 468 g/mol. The standard InChI is InChI=1S/C22H11ClF6N2O/c23-12-5-7-18-15(8-12)21(32)20(14-2-1-3-16(19(14)26)22(27,28)29)30-31(18)10-11-4-6-13(24)9-17(11)25/h1-9H,10H2. The van der Waals surface area contributed by atoms with Gasteiger partial charge in [-0.25, -0.2) is 13.2 Å². The fraction of sp³-hybridized carbons (Fsp3) is 0.0909.